The van der Waals surface area contributed by atoms with Gasteiger partial charge in [0.2, 0.25) is 0 Å². The minimum atomic E-state index is 0.844. The van der Waals surface area contributed by atoms with Crippen LogP contribution in [0.15, 0.2) is 139 Å². The van der Waals surface area contributed by atoms with Crippen LogP contribution in [0.2, 0.25) is 0 Å². The average Bonchev–Trinajstić information content (AvgIpc) is 3.48. The SMILES string of the molecule is COc1ccc(N(c2ccccc2)c2ccc(C(=CC=Cc3ccccc3)c3cccs3)cc2)cc1. The topological polar surface area (TPSA) is 12.5 Å². The van der Waals surface area contributed by atoms with Crippen LogP contribution in [0.25, 0.3) is 11.6 Å². The minimum absolute atomic E-state index is 0.844. The molecule has 0 fully saturated rings. The molecule has 176 valence electrons. The first-order valence-electron chi connectivity index (χ1n) is 11.9. The van der Waals surface area contributed by atoms with Crippen LogP contribution < -0.4 is 9.64 Å². The highest BCUT2D eigenvalue weighted by Crippen LogP contribution is 2.36. The summed E-state index contributed by atoms with van der Waals surface area (Å²) in [6.45, 7) is 0. The average molecular weight is 486 g/mol. The van der Waals surface area contributed by atoms with Gasteiger partial charge in [-0.05, 0) is 76.7 Å². The van der Waals surface area contributed by atoms with Crippen LogP contribution in [0.4, 0.5) is 17.1 Å². The van der Waals surface area contributed by atoms with Crippen LogP contribution >= 0.6 is 11.3 Å². The van der Waals surface area contributed by atoms with Crippen molar-refractivity contribution in [2.75, 3.05) is 12.0 Å². The van der Waals surface area contributed by atoms with E-state index in [1.165, 1.54) is 21.6 Å². The molecule has 0 aliphatic carbocycles. The van der Waals surface area contributed by atoms with E-state index in [1.807, 2.05) is 24.3 Å². The Kier molecular flexibility index (Phi) is 7.41. The third kappa shape index (κ3) is 5.48. The lowest BCUT2D eigenvalue weighted by molar-refractivity contribution is 0.415. The van der Waals surface area contributed by atoms with Crippen LogP contribution in [0.5, 0.6) is 5.75 Å². The number of allylic oxidation sites excluding steroid dienone is 2. The molecule has 0 spiro atoms. The molecule has 3 heteroatoms. The van der Waals surface area contributed by atoms with E-state index in [1.54, 1.807) is 18.4 Å². The Morgan fingerprint density at radius 2 is 1.28 bits per heavy atom. The summed E-state index contributed by atoms with van der Waals surface area (Å²) in [6, 6.07) is 42.0. The summed E-state index contributed by atoms with van der Waals surface area (Å²) in [5.41, 5.74) is 6.86. The first kappa shape index (κ1) is 23.4. The maximum Gasteiger partial charge on any atom is 0.119 e. The first-order chi connectivity index (χ1) is 17.8. The minimum Gasteiger partial charge on any atom is -0.497 e. The quantitative estimate of drug-likeness (QED) is 0.203. The maximum absolute atomic E-state index is 5.37. The number of hydrogen-bond donors (Lipinski definition) is 0. The molecule has 0 unspecified atom stereocenters. The third-order valence-corrected chi connectivity index (χ3v) is 6.82. The van der Waals surface area contributed by atoms with E-state index in [0.29, 0.717) is 0 Å². The van der Waals surface area contributed by atoms with Gasteiger partial charge in [-0.25, -0.2) is 0 Å². The molecule has 2 nitrogen and oxygen atoms in total. The predicted octanol–water partition coefficient (Wildman–Crippen LogP) is 9.37. The van der Waals surface area contributed by atoms with Crippen LogP contribution in [0, 0.1) is 0 Å². The largest absolute Gasteiger partial charge is 0.497 e. The van der Waals surface area contributed by atoms with E-state index in [4.69, 9.17) is 4.74 Å². The number of para-hydroxylation sites is 1. The Hall–Kier alpha value is -4.34. The summed E-state index contributed by atoms with van der Waals surface area (Å²) < 4.78 is 5.37. The van der Waals surface area contributed by atoms with Crippen molar-refractivity contribution in [1.82, 2.24) is 0 Å². The third-order valence-electron chi connectivity index (χ3n) is 5.92. The number of anilines is 3. The number of hydrogen-bond acceptors (Lipinski definition) is 3. The van der Waals surface area contributed by atoms with E-state index in [2.05, 4.69) is 126 Å². The molecule has 0 amide bonds. The Morgan fingerprint density at radius 3 is 1.89 bits per heavy atom. The molecule has 0 atom stereocenters. The van der Waals surface area contributed by atoms with Gasteiger partial charge in [-0.1, -0.05) is 85.0 Å². The van der Waals surface area contributed by atoms with Gasteiger partial charge in [0.15, 0.2) is 0 Å². The molecular formula is C33H27NOS. The Bertz CT molecular complexity index is 1420. The van der Waals surface area contributed by atoms with Crippen molar-refractivity contribution in [3.05, 3.63) is 155 Å². The summed E-state index contributed by atoms with van der Waals surface area (Å²) >= 11 is 1.76. The second-order valence-electron chi connectivity index (χ2n) is 8.24. The number of rotatable bonds is 8. The second-order valence-corrected chi connectivity index (χ2v) is 9.19. The first-order valence-corrected chi connectivity index (χ1v) is 12.8. The van der Waals surface area contributed by atoms with E-state index in [-0.39, 0.29) is 0 Å². The van der Waals surface area contributed by atoms with E-state index in [9.17, 15) is 0 Å². The molecular weight excluding hydrogens is 458 g/mol. The van der Waals surface area contributed by atoms with Crippen molar-refractivity contribution in [3.8, 4) is 5.75 Å². The molecule has 0 aliphatic rings. The summed E-state index contributed by atoms with van der Waals surface area (Å²) in [5, 5.41) is 2.12. The fourth-order valence-corrected chi connectivity index (χ4v) is 4.89. The number of methoxy groups -OCH3 is 1. The zero-order chi connectivity index (χ0) is 24.6. The van der Waals surface area contributed by atoms with E-state index in [0.717, 1.165) is 22.8 Å². The molecule has 5 aromatic rings. The molecule has 0 saturated heterocycles. The highest BCUT2D eigenvalue weighted by atomic mass is 32.1. The van der Waals surface area contributed by atoms with Crippen molar-refractivity contribution in [1.29, 1.82) is 0 Å². The lowest BCUT2D eigenvalue weighted by Crippen LogP contribution is -2.09. The number of benzene rings is 4. The van der Waals surface area contributed by atoms with Crippen LogP contribution in [0.3, 0.4) is 0 Å². The lowest BCUT2D eigenvalue weighted by Gasteiger charge is -2.26. The normalized spacial score (nSPS) is 11.5. The second kappa shape index (κ2) is 11.4. The Balaban J connectivity index is 1.50. The van der Waals surface area contributed by atoms with Gasteiger partial charge in [-0.3, -0.25) is 0 Å². The van der Waals surface area contributed by atoms with Gasteiger partial charge < -0.3 is 9.64 Å². The Morgan fingerprint density at radius 1 is 0.667 bits per heavy atom. The van der Waals surface area contributed by atoms with Crippen LogP contribution in [0.1, 0.15) is 16.0 Å². The van der Waals surface area contributed by atoms with Crippen molar-refractivity contribution < 1.29 is 4.74 Å². The molecule has 0 aliphatic heterocycles. The van der Waals surface area contributed by atoms with Gasteiger partial charge in [-0.15, -0.1) is 11.3 Å². The standard InChI is InChI=1S/C33H27NOS/c1-35-31-23-21-30(22-24-31)34(28-13-6-3-7-14-28)29-19-17-27(18-20-29)32(33-16-9-25-36-33)15-8-12-26-10-4-2-5-11-26/h2-25H,1H3. The monoisotopic (exact) mass is 485 g/mol. The zero-order valence-corrected chi connectivity index (χ0v) is 20.9. The number of nitrogens with zero attached hydrogens (tertiary/aromatic N) is 1. The molecule has 5 rings (SSSR count). The van der Waals surface area contributed by atoms with Gasteiger partial charge in [0.1, 0.15) is 5.75 Å². The van der Waals surface area contributed by atoms with Crippen molar-refractivity contribution in [2.24, 2.45) is 0 Å². The fourth-order valence-electron chi connectivity index (χ4n) is 4.12. The molecule has 0 bridgehead atoms. The fraction of sp³-hybridized carbons (Fsp3) is 0.0303. The summed E-state index contributed by atoms with van der Waals surface area (Å²) in [4.78, 5) is 3.50. The molecule has 36 heavy (non-hydrogen) atoms. The van der Waals surface area contributed by atoms with Crippen LogP contribution in [-0.4, -0.2) is 7.11 Å². The molecule has 0 N–H and O–H groups in total. The summed E-state index contributed by atoms with van der Waals surface area (Å²) in [7, 11) is 1.69. The zero-order valence-electron chi connectivity index (χ0n) is 20.1. The summed E-state index contributed by atoms with van der Waals surface area (Å²) in [6.07, 6.45) is 6.47. The smallest absolute Gasteiger partial charge is 0.119 e. The van der Waals surface area contributed by atoms with Gasteiger partial charge in [0, 0.05) is 21.9 Å². The maximum atomic E-state index is 5.37. The highest BCUT2D eigenvalue weighted by Gasteiger charge is 2.13. The van der Waals surface area contributed by atoms with E-state index < -0.39 is 0 Å². The number of thiophene rings is 1. The van der Waals surface area contributed by atoms with Gasteiger partial charge in [0.25, 0.3) is 0 Å². The predicted molar refractivity (Wildman–Crippen MR) is 155 cm³/mol. The molecule has 0 saturated carbocycles. The van der Waals surface area contributed by atoms with Crippen LogP contribution in [-0.2, 0) is 0 Å². The van der Waals surface area contributed by atoms with Gasteiger partial charge in [0.05, 0.1) is 7.11 Å². The van der Waals surface area contributed by atoms with Crippen molar-refractivity contribution in [3.63, 3.8) is 0 Å². The molecule has 0 radical (unpaired) electrons. The Labute approximate surface area is 217 Å². The van der Waals surface area contributed by atoms with Crippen molar-refractivity contribution >= 4 is 40.0 Å². The lowest BCUT2D eigenvalue weighted by atomic mass is 10.0. The molecule has 1 heterocycles. The number of ether oxygens (including phenoxy) is 1. The van der Waals surface area contributed by atoms with E-state index >= 15 is 0 Å². The molecule has 1 aromatic heterocycles. The van der Waals surface area contributed by atoms with Crippen molar-refractivity contribution in [2.45, 2.75) is 0 Å². The molecule has 4 aromatic carbocycles. The highest BCUT2D eigenvalue weighted by molar-refractivity contribution is 7.11. The summed E-state index contributed by atoms with van der Waals surface area (Å²) in [5.74, 6) is 0.844. The van der Waals surface area contributed by atoms with Gasteiger partial charge >= 0.3 is 0 Å². The van der Waals surface area contributed by atoms with Gasteiger partial charge in [-0.2, -0.15) is 0 Å².